The molecule has 114 valence electrons. The van der Waals surface area contributed by atoms with E-state index in [0.717, 1.165) is 0 Å². The molecule has 0 unspecified atom stereocenters. The predicted octanol–water partition coefficient (Wildman–Crippen LogP) is 0.790. The Hall–Kier alpha value is -1.45. The van der Waals surface area contributed by atoms with Crippen LogP contribution in [0.3, 0.4) is 0 Å². The molecule has 0 aliphatic rings. The zero-order chi connectivity index (χ0) is 15.6. The van der Waals surface area contributed by atoms with Gasteiger partial charge in [0.05, 0.1) is 25.9 Å². The number of aliphatic hydroxyl groups is 3. The SMILES string of the molecule is CC#N.Cc1ccccc1.OCCN(CCO)CCO. The molecule has 0 bridgehead atoms. The molecule has 1 aromatic rings. The monoisotopic (exact) mass is 282 g/mol. The van der Waals surface area contributed by atoms with E-state index in [4.69, 9.17) is 20.6 Å². The third-order valence-electron chi connectivity index (χ3n) is 2.19. The molecule has 0 amide bonds. The molecular formula is C15H26N2O3. The van der Waals surface area contributed by atoms with Gasteiger partial charge in [-0.05, 0) is 6.92 Å². The molecule has 1 aromatic carbocycles. The van der Waals surface area contributed by atoms with Crippen LogP contribution in [0.25, 0.3) is 0 Å². The highest BCUT2D eigenvalue weighted by atomic mass is 16.3. The summed E-state index contributed by atoms with van der Waals surface area (Å²) < 4.78 is 0. The van der Waals surface area contributed by atoms with Crippen molar-refractivity contribution in [3.8, 4) is 6.07 Å². The highest BCUT2D eigenvalue weighted by molar-refractivity contribution is 5.11. The highest BCUT2D eigenvalue weighted by Crippen LogP contribution is 1.92. The van der Waals surface area contributed by atoms with E-state index in [1.54, 1.807) is 11.0 Å². The summed E-state index contributed by atoms with van der Waals surface area (Å²) in [6.07, 6.45) is 0. The van der Waals surface area contributed by atoms with E-state index in [1.807, 2.05) is 18.2 Å². The number of nitrogens with zero attached hydrogens (tertiary/aromatic N) is 2. The van der Waals surface area contributed by atoms with E-state index >= 15 is 0 Å². The molecule has 0 saturated carbocycles. The van der Waals surface area contributed by atoms with Crippen LogP contribution in [0.5, 0.6) is 0 Å². The van der Waals surface area contributed by atoms with Crippen molar-refractivity contribution in [2.24, 2.45) is 0 Å². The second kappa shape index (κ2) is 17.6. The zero-order valence-electron chi connectivity index (χ0n) is 12.4. The molecule has 20 heavy (non-hydrogen) atoms. The minimum absolute atomic E-state index is 0.0694. The van der Waals surface area contributed by atoms with E-state index in [0.29, 0.717) is 19.6 Å². The minimum Gasteiger partial charge on any atom is -0.395 e. The van der Waals surface area contributed by atoms with Gasteiger partial charge >= 0.3 is 0 Å². The Balaban J connectivity index is 0. The largest absolute Gasteiger partial charge is 0.395 e. The molecule has 0 heterocycles. The maximum atomic E-state index is 8.48. The first-order valence-electron chi connectivity index (χ1n) is 6.53. The van der Waals surface area contributed by atoms with Crippen molar-refractivity contribution in [1.29, 1.82) is 5.26 Å². The molecule has 3 N–H and O–H groups in total. The lowest BCUT2D eigenvalue weighted by molar-refractivity contribution is 0.136. The van der Waals surface area contributed by atoms with Crippen LogP contribution in [0.4, 0.5) is 0 Å². The van der Waals surface area contributed by atoms with E-state index in [1.165, 1.54) is 12.5 Å². The van der Waals surface area contributed by atoms with Crippen molar-refractivity contribution in [3.05, 3.63) is 35.9 Å². The van der Waals surface area contributed by atoms with Crippen molar-refractivity contribution >= 4 is 0 Å². The van der Waals surface area contributed by atoms with Crippen molar-refractivity contribution in [1.82, 2.24) is 4.90 Å². The van der Waals surface area contributed by atoms with Gasteiger partial charge in [-0.15, -0.1) is 0 Å². The van der Waals surface area contributed by atoms with Crippen LogP contribution in [-0.4, -0.2) is 59.7 Å². The van der Waals surface area contributed by atoms with Gasteiger partial charge in [0.1, 0.15) is 0 Å². The fraction of sp³-hybridized carbons (Fsp3) is 0.533. The van der Waals surface area contributed by atoms with E-state index in [2.05, 4.69) is 19.1 Å². The molecule has 0 aliphatic carbocycles. The van der Waals surface area contributed by atoms with E-state index < -0.39 is 0 Å². The second-order valence-electron chi connectivity index (χ2n) is 3.89. The molecule has 1 rings (SSSR count). The van der Waals surface area contributed by atoms with Gasteiger partial charge in [-0.3, -0.25) is 4.90 Å². The molecule has 0 aromatic heterocycles. The van der Waals surface area contributed by atoms with Gasteiger partial charge in [0.15, 0.2) is 0 Å². The van der Waals surface area contributed by atoms with Crippen LogP contribution in [0, 0.1) is 18.3 Å². The number of aryl methyl sites for hydroxylation is 1. The molecule has 0 radical (unpaired) electrons. The zero-order valence-corrected chi connectivity index (χ0v) is 12.4. The smallest absolute Gasteiger partial charge is 0.0587 e. The standard InChI is InChI=1S/C7H8.C6H15NO3.C2H3N/c1-7-5-3-2-4-6-7;8-4-1-7(2-5-9)3-6-10;1-2-3/h2-6H,1H3;8-10H,1-6H2;1H3. The van der Waals surface area contributed by atoms with Crippen LogP contribution < -0.4 is 0 Å². The Kier molecular flexibility index (Phi) is 18.3. The summed E-state index contributed by atoms with van der Waals surface area (Å²) in [6, 6.07) is 12.0. The molecule has 0 aliphatic heterocycles. The molecular weight excluding hydrogens is 256 g/mol. The van der Waals surface area contributed by atoms with Crippen molar-refractivity contribution in [3.63, 3.8) is 0 Å². The fourth-order valence-electron chi connectivity index (χ4n) is 1.29. The maximum absolute atomic E-state index is 8.48. The summed E-state index contributed by atoms with van der Waals surface area (Å²) in [5.41, 5.74) is 1.32. The molecule has 0 fully saturated rings. The third-order valence-corrected chi connectivity index (χ3v) is 2.19. The average molecular weight is 282 g/mol. The van der Waals surface area contributed by atoms with E-state index in [-0.39, 0.29) is 19.8 Å². The Morgan fingerprint density at radius 3 is 1.50 bits per heavy atom. The number of aliphatic hydroxyl groups excluding tert-OH is 3. The molecule has 0 atom stereocenters. The van der Waals surface area contributed by atoms with Gasteiger partial charge in [-0.1, -0.05) is 35.9 Å². The summed E-state index contributed by atoms with van der Waals surface area (Å²) in [4.78, 5) is 1.79. The summed E-state index contributed by atoms with van der Waals surface area (Å²) >= 11 is 0. The van der Waals surface area contributed by atoms with Gasteiger partial charge < -0.3 is 15.3 Å². The third kappa shape index (κ3) is 16.6. The second-order valence-corrected chi connectivity index (χ2v) is 3.89. The summed E-state index contributed by atoms with van der Waals surface area (Å²) in [7, 11) is 0. The van der Waals surface area contributed by atoms with Gasteiger partial charge in [0, 0.05) is 26.6 Å². The average Bonchev–Trinajstić information content (AvgIpc) is 2.42. The molecule has 0 saturated heterocycles. The van der Waals surface area contributed by atoms with Gasteiger partial charge in [-0.2, -0.15) is 5.26 Å². The first-order chi connectivity index (χ1) is 9.65. The van der Waals surface area contributed by atoms with Crippen LogP contribution in [-0.2, 0) is 0 Å². The number of hydrogen-bond donors (Lipinski definition) is 3. The Morgan fingerprint density at radius 2 is 1.30 bits per heavy atom. The quantitative estimate of drug-likeness (QED) is 0.718. The van der Waals surface area contributed by atoms with Gasteiger partial charge in [0.2, 0.25) is 0 Å². The van der Waals surface area contributed by atoms with Crippen molar-refractivity contribution in [2.45, 2.75) is 13.8 Å². The first kappa shape index (κ1) is 20.9. The normalized spacial score (nSPS) is 8.85. The van der Waals surface area contributed by atoms with Crippen LogP contribution in [0.2, 0.25) is 0 Å². The Bertz CT molecular complexity index is 311. The number of benzene rings is 1. The fourth-order valence-corrected chi connectivity index (χ4v) is 1.29. The lowest BCUT2D eigenvalue weighted by Gasteiger charge is -2.17. The van der Waals surface area contributed by atoms with Crippen LogP contribution >= 0.6 is 0 Å². The molecule has 5 nitrogen and oxygen atoms in total. The van der Waals surface area contributed by atoms with Gasteiger partial charge in [-0.25, -0.2) is 0 Å². The molecule has 0 spiro atoms. The predicted molar refractivity (Wildman–Crippen MR) is 80.2 cm³/mol. The summed E-state index contributed by atoms with van der Waals surface area (Å²) in [6.45, 7) is 5.27. The van der Waals surface area contributed by atoms with Crippen LogP contribution in [0.1, 0.15) is 12.5 Å². The minimum atomic E-state index is 0.0694. The lowest BCUT2D eigenvalue weighted by atomic mass is 10.2. The number of hydrogen-bond acceptors (Lipinski definition) is 5. The van der Waals surface area contributed by atoms with Crippen molar-refractivity contribution in [2.75, 3.05) is 39.5 Å². The maximum Gasteiger partial charge on any atom is 0.0587 e. The topological polar surface area (TPSA) is 87.7 Å². The molecule has 5 heteroatoms. The highest BCUT2D eigenvalue weighted by Gasteiger charge is 2.00. The summed E-state index contributed by atoms with van der Waals surface area (Å²) in [5.74, 6) is 0. The van der Waals surface area contributed by atoms with Crippen molar-refractivity contribution < 1.29 is 15.3 Å². The Labute approximate surface area is 121 Å². The van der Waals surface area contributed by atoms with E-state index in [9.17, 15) is 0 Å². The number of rotatable bonds is 6. The van der Waals surface area contributed by atoms with Crippen LogP contribution in [0.15, 0.2) is 30.3 Å². The van der Waals surface area contributed by atoms with Gasteiger partial charge in [0.25, 0.3) is 0 Å². The first-order valence-corrected chi connectivity index (χ1v) is 6.53. The lowest BCUT2D eigenvalue weighted by Crippen LogP contribution is -2.32. The summed E-state index contributed by atoms with van der Waals surface area (Å²) in [5, 5.41) is 32.8. The number of nitriles is 1. The Morgan fingerprint density at radius 1 is 0.950 bits per heavy atom.